The van der Waals surface area contributed by atoms with Crippen LogP contribution in [0.15, 0.2) is 53.6 Å². The molecule has 0 spiro atoms. The number of hydrogen-bond acceptors (Lipinski definition) is 4. The molecular weight excluding hydrogens is 369 g/mol. The van der Waals surface area contributed by atoms with Gasteiger partial charge in [-0.15, -0.1) is 13.2 Å². The second-order valence-corrected chi connectivity index (χ2v) is 7.38. The Kier molecular flexibility index (Phi) is 6.60. The number of alkyl halides is 3. The number of ether oxygens (including phenoxy) is 1. The van der Waals surface area contributed by atoms with Crippen LogP contribution in [-0.2, 0) is 16.4 Å². The quantitative estimate of drug-likeness (QED) is 0.693. The van der Waals surface area contributed by atoms with Gasteiger partial charge in [0.1, 0.15) is 10.6 Å². The lowest BCUT2D eigenvalue weighted by molar-refractivity contribution is -0.275. The van der Waals surface area contributed by atoms with Gasteiger partial charge in [0.25, 0.3) is 0 Å². The summed E-state index contributed by atoms with van der Waals surface area (Å²) in [6.07, 6.45) is -2.51. The number of aromatic nitrogens is 1. The van der Waals surface area contributed by atoms with Crippen LogP contribution in [-0.4, -0.2) is 37.2 Å². The second-order valence-electron chi connectivity index (χ2n) is 5.47. The predicted molar refractivity (Wildman–Crippen MR) is 90.1 cm³/mol. The van der Waals surface area contributed by atoms with Gasteiger partial charge in [-0.25, -0.2) is 8.42 Å². The van der Waals surface area contributed by atoms with Crippen LogP contribution < -0.4 is 4.74 Å². The molecule has 142 valence electrons. The first kappa shape index (κ1) is 20.2. The van der Waals surface area contributed by atoms with Crippen molar-refractivity contribution < 1.29 is 26.3 Å². The summed E-state index contributed by atoms with van der Waals surface area (Å²) in [5.41, 5.74) is 0.698. The predicted octanol–water partition coefficient (Wildman–Crippen LogP) is 3.62. The first-order valence-electron chi connectivity index (χ1n) is 7.99. The molecule has 0 N–H and O–H groups in total. The molecule has 9 heteroatoms. The maximum Gasteiger partial charge on any atom is 0.573 e. The highest BCUT2D eigenvalue weighted by Crippen LogP contribution is 2.31. The summed E-state index contributed by atoms with van der Waals surface area (Å²) in [7, 11) is -4.16. The Morgan fingerprint density at radius 1 is 1.08 bits per heavy atom. The molecule has 2 aromatic rings. The lowest BCUT2D eigenvalue weighted by atomic mass is 10.3. The maximum absolute atomic E-state index is 12.9. The van der Waals surface area contributed by atoms with Crippen LogP contribution in [0.3, 0.4) is 0 Å². The largest absolute Gasteiger partial charge is 0.573 e. The standard InChI is InChI=1S/C17H19F3N2O3S/c1-2-12-22(13-10-14-7-5-6-11-21-14)26(23,24)16-9-4-3-8-15(16)25-17(18,19)20/h3-9,11H,2,10,12-13H2,1H3. The zero-order valence-corrected chi connectivity index (χ0v) is 14.9. The fourth-order valence-corrected chi connectivity index (χ4v) is 4.05. The van der Waals surface area contributed by atoms with Crippen molar-refractivity contribution in [3.05, 3.63) is 54.4 Å². The number of sulfonamides is 1. The monoisotopic (exact) mass is 388 g/mol. The van der Waals surface area contributed by atoms with E-state index in [2.05, 4.69) is 9.72 Å². The number of para-hydroxylation sites is 1. The Hall–Kier alpha value is -2.13. The smallest absolute Gasteiger partial charge is 0.404 e. The van der Waals surface area contributed by atoms with E-state index in [1.54, 1.807) is 31.3 Å². The average molecular weight is 388 g/mol. The van der Waals surface area contributed by atoms with Crippen LogP contribution in [0.1, 0.15) is 19.0 Å². The van der Waals surface area contributed by atoms with E-state index in [0.717, 1.165) is 16.4 Å². The Morgan fingerprint density at radius 2 is 1.77 bits per heavy atom. The SMILES string of the molecule is CCCN(CCc1ccccn1)S(=O)(=O)c1ccccc1OC(F)(F)F. The van der Waals surface area contributed by atoms with E-state index < -0.39 is 27.0 Å². The van der Waals surface area contributed by atoms with Crippen LogP contribution in [0.25, 0.3) is 0 Å². The third-order valence-corrected chi connectivity index (χ3v) is 5.45. The summed E-state index contributed by atoms with van der Waals surface area (Å²) in [5, 5.41) is 0. The number of rotatable bonds is 8. The molecule has 0 radical (unpaired) electrons. The van der Waals surface area contributed by atoms with Crippen molar-refractivity contribution in [3.63, 3.8) is 0 Å². The average Bonchev–Trinajstić information content (AvgIpc) is 2.58. The molecule has 26 heavy (non-hydrogen) atoms. The molecule has 1 aromatic carbocycles. The molecule has 0 aliphatic rings. The first-order valence-corrected chi connectivity index (χ1v) is 9.43. The summed E-state index contributed by atoms with van der Waals surface area (Å²) in [4.78, 5) is 3.63. The lowest BCUT2D eigenvalue weighted by Crippen LogP contribution is -2.34. The zero-order valence-electron chi connectivity index (χ0n) is 14.1. The van der Waals surface area contributed by atoms with E-state index in [-0.39, 0.29) is 13.1 Å². The topological polar surface area (TPSA) is 59.5 Å². The van der Waals surface area contributed by atoms with Gasteiger partial charge in [0.2, 0.25) is 10.0 Å². The van der Waals surface area contributed by atoms with Gasteiger partial charge in [-0.2, -0.15) is 4.31 Å². The van der Waals surface area contributed by atoms with Gasteiger partial charge >= 0.3 is 6.36 Å². The Balaban J connectivity index is 2.29. The fraction of sp³-hybridized carbons (Fsp3) is 0.353. The Bertz CT molecular complexity index is 812. The fourth-order valence-electron chi connectivity index (χ4n) is 2.40. The van der Waals surface area contributed by atoms with Crippen molar-refractivity contribution in [1.29, 1.82) is 0 Å². The van der Waals surface area contributed by atoms with Crippen molar-refractivity contribution in [3.8, 4) is 5.75 Å². The van der Waals surface area contributed by atoms with E-state index in [1.165, 1.54) is 12.1 Å². The molecule has 0 aliphatic heterocycles. The van der Waals surface area contributed by atoms with Gasteiger partial charge in [-0.1, -0.05) is 25.1 Å². The van der Waals surface area contributed by atoms with Crippen molar-refractivity contribution in [2.24, 2.45) is 0 Å². The zero-order chi connectivity index (χ0) is 19.2. The van der Waals surface area contributed by atoms with Gasteiger partial charge in [0.05, 0.1) is 0 Å². The molecule has 0 saturated heterocycles. The van der Waals surface area contributed by atoms with E-state index in [1.807, 2.05) is 0 Å². The van der Waals surface area contributed by atoms with E-state index in [0.29, 0.717) is 18.5 Å². The summed E-state index contributed by atoms with van der Waals surface area (Å²) >= 11 is 0. The van der Waals surface area contributed by atoms with Crippen LogP contribution in [0.5, 0.6) is 5.75 Å². The molecular formula is C17H19F3N2O3S. The number of nitrogens with zero attached hydrogens (tertiary/aromatic N) is 2. The Morgan fingerprint density at radius 3 is 2.38 bits per heavy atom. The highest BCUT2D eigenvalue weighted by atomic mass is 32.2. The van der Waals surface area contributed by atoms with Gasteiger partial charge in [-0.3, -0.25) is 4.98 Å². The van der Waals surface area contributed by atoms with E-state index >= 15 is 0 Å². The highest BCUT2D eigenvalue weighted by molar-refractivity contribution is 7.89. The first-order chi connectivity index (χ1) is 12.2. The van der Waals surface area contributed by atoms with Crippen LogP contribution in [0.2, 0.25) is 0 Å². The molecule has 5 nitrogen and oxygen atoms in total. The Labute approximate surface area is 150 Å². The molecule has 0 atom stereocenters. The van der Waals surface area contributed by atoms with Gasteiger partial charge in [-0.05, 0) is 30.7 Å². The lowest BCUT2D eigenvalue weighted by Gasteiger charge is -2.23. The summed E-state index contributed by atoms with van der Waals surface area (Å²) in [6, 6.07) is 10.0. The van der Waals surface area contributed by atoms with Crippen LogP contribution in [0, 0.1) is 0 Å². The highest BCUT2D eigenvalue weighted by Gasteiger charge is 2.35. The van der Waals surface area contributed by atoms with Gasteiger partial charge in [0.15, 0.2) is 0 Å². The number of hydrogen-bond donors (Lipinski definition) is 0. The summed E-state index contributed by atoms with van der Waals surface area (Å²) in [6.45, 7) is 2.07. The minimum atomic E-state index is -4.98. The van der Waals surface area contributed by atoms with Gasteiger partial charge < -0.3 is 4.74 Å². The number of halogens is 3. The number of pyridine rings is 1. The van der Waals surface area contributed by atoms with Crippen molar-refractivity contribution in [1.82, 2.24) is 9.29 Å². The summed E-state index contributed by atoms with van der Waals surface area (Å²) < 4.78 is 68.6. The van der Waals surface area contributed by atoms with E-state index in [4.69, 9.17) is 0 Å². The molecule has 0 unspecified atom stereocenters. The summed E-state index contributed by atoms with van der Waals surface area (Å²) in [5.74, 6) is -0.737. The molecule has 0 fully saturated rings. The van der Waals surface area contributed by atoms with Crippen molar-refractivity contribution >= 4 is 10.0 Å². The molecule has 0 bridgehead atoms. The van der Waals surface area contributed by atoms with Gasteiger partial charge in [0, 0.05) is 31.4 Å². The maximum atomic E-state index is 12.9. The van der Waals surface area contributed by atoms with Crippen LogP contribution >= 0.6 is 0 Å². The van der Waals surface area contributed by atoms with Crippen LogP contribution in [0.4, 0.5) is 13.2 Å². The normalized spacial score (nSPS) is 12.3. The number of benzene rings is 1. The molecule has 0 amide bonds. The minimum Gasteiger partial charge on any atom is -0.404 e. The minimum absolute atomic E-state index is 0.105. The third-order valence-electron chi connectivity index (χ3n) is 3.51. The molecule has 1 heterocycles. The van der Waals surface area contributed by atoms with Crippen molar-refractivity contribution in [2.45, 2.75) is 31.0 Å². The molecule has 2 rings (SSSR count). The third kappa shape index (κ3) is 5.43. The molecule has 0 aliphatic carbocycles. The second kappa shape index (κ2) is 8.50. The van der Waals surface area contributed by atoms with E-state index in [9.17, 15) is 21.6 Å². The molecule has 0 saturated carbocycles. The molecule has 1 aromatic heterocycles. The van der Waals surface area contributed by atoms with Crippen molar-refractivity contribution in [2.75, 3.05) is 13.1 Å².